The molecule has 8 atom stereocenters. The topological polar surface area (TPSA) is 131 Å². The van der Waals surface area contributed by atoms with E-state index < -0.39 is 54.0 Å². The zero-order chi connectivity index (χ0) is 32.7. The number of ether oxygens (including phenoxy) is 2. The van der Waals surface area contributed by atoms with Crippen LogP contribution < -0.4 is 15.5 Å². The number of hydrogen-bond donors (Lipinski definition) is 3. The highest BCUT2D eigenvalue weighted by Gasteiger charge is 2.68. The van der Waals surface area contributed by atoms with Crippen molar-refractivity contribution in [3.05, 3.63) is 23.5 Å². The van der Waals surface area contributed by atoms with Crippen LogP contribution >= 0.6 is 0 Å². The summed E-state index contributed by atoms with van der Waals surface area (Å²) in [7, 11) is -1.40. The molecule has 3 fully saturated rings. The highest BCUT2D eigenvalue weighted by Crippen LogP contribution is 2.68. The number of benzene rings is 1. The van der Waals surface area contributed by atoms with Crippen molar-refractivity contribution in [1.82, 2.24) is 5.32 Å². The number of carbonyl (C=O) groups excluding carboxylic acids is 3. The average Bonchev–Trinajstić information content (AvgIpc) is 3.57. The Morgan fingerprint density at radius 1 is 1.22 bits per heavy atom. The Kier molecular flexibility index (Phi) is 9.75. The third-order valence-electron chi connectivity index (χ3n) is 12.2. The zero-order valence-electron chi connectivity index (χ0n) is 27.3. The number of rotatable bonds is 10. The maximum absolute atomic E-state index is 15.1. The molecule has 1 heterocycles. The van der Waals surface area contributed by atoms with Crippen LogP contribution in [-0.4, -0.2) is 60.3 Å². The molecule has 45 heavy (non-hydrogen) atoms. The van der Waals surface area contributed by atoms with Crippen molar-refractivity contribution in [3.8, 4) is 5.75 Å². The van der Waals surface area contributed by atoms with Crippen molar-refractivity contribution in [2.45, 2.75) is 111 Å². The van der Waals surface area contributed by atoms with Crippen LogP contribution in [0.15, 0.2) is 12.1 Å². The number of amides is 1. The number of Topliss-reactive ketones (excluding diaryl/α,β-unsaturated/α-hetero) is 1. The molecule has 3 aliphatic carbocycles. The van der Waals surface area contributed by atoms with Crippen LogP contribution in [0.2, 0.25) is 0 Å². The second-order valence-corrected chi connectivity index (χ2v) is 14.6. The van der Waals surface area contributed by atoms with Gasteiger partial charge in [0, 0.05) is 36.2 Å². The van der Waals surface area contributed by atoms with Crippen LogP contribution in [0.5, 0.6) is 5.75 Å². The first-order chi connectivity index (χ1) is 21.3. The second-order valence-electron chi connectivity index (χ2n) is 14.6. The van der Waals surface area contributed by atoms with E-state index in [1.54, 1.807) is 6.07 Å². The summed E-state index contributed by atoms with van der Waals surface area (Å²) >= 11 is 0. The number of nitrogens with one attached hydrogen (secondary N) is 1. The van der Waals surface area contributed by atoms with Crippen molar-refractivity contribution in [2.75, 3.05) is 13.2 Å². The number of aliphatic hydroxyl groups excluding tert-OH is 1. The summed E-state index contributed by atoms with van der Waals surface area (Å²) in [4.78, 5) is 40.0. The molecule has 4 aliphatic rings. The van der Waals surface area contributed by atoms with Crippen LogP contribution in [0.1, 0.15) is 98.0 Å². The van der Waals surface area contributed by atoms with E-state index in [1.165, 1.54) is 6.07 Å². The van der Waals surface area contributed by atoms with Crippen LogP contribution in [0.4, 0.5) is 4.39 Å². The molecular weight excluding hydrogens is 580 g/mol. The standard InChI is InChI=1S/C34H49BFNO8/c1-6-7-16-37-26(39)12-13-32(4)17-25(45-27(40)19-43-24-9-8-22-18-44-35(42)28(22)29(24)36)33(5)20(2)10-14-34(21(3)31(32)41)15-11-23(38)30(33)34/h8-9,20-21,25,30-31,41-42H,6-7,10-19H2,1-5H3,(H,37,39)/t20-,21+,25-,30+,31+,32-,33+,34+/m1/s1. The minimum atomic E-state index is -1.40. The average molecular weight is 630 g/mol. The van der Waals surface area contributed by atoms with E-state index in [4.69, 9.17) is 14.1 Å². The molecule has 9 nitrogen and oxygen atoms in total. The number of hydrogen-bond acceptors (Lipinski definition) is 8. The molecule has 1 aromatic rings. The third-order valence-corrected chi connectivity index (χ3v) is 12.2. The molecule has 11 heteroatoms. The van der Waals surface area contributed by atoms with Crippen LogP contribution in [0.25, 0.3) is 0 Å². The summed E-state index contributed by atoms with van der Waals surface area (Å²) in [6.45, 7) is 10.4. The Labute approximate surface area is 266 Å². The van der Waals surface area contributed by atoms with Gasteiger partial charge in [-0.3, -0.25) is 9.59 Å². The number of ketones is 1. The SMILES string of the molecule is CCCCNC(=O)CC[C@]1(C)C[C@@H](OC(=O)COc2ccc3c(c2F)B(O)OC3)[C@]2(C)[C@H](C)CC[C@]3(CCC(=O)[C@H]32)[C@@H](C)[C@@H]1O. The number of halogens is 1. The Hall–Kier alpha value is -2.50. The highest BCUT2D eigenvalue weighted by molar-refractivity contribution is 6.61. The van der Waals surface area contributed by atoms with Gasteiger partial charge in [-0.15, -0.1) is 0 Å². The van der Waals surface area contributed by atoms with E-state index in [1.807, 2.05) is 6.92 Å². The molecule has 248 valence electrons. The van der Waals surface area contributed by atoms with Crippen molar-refractivity contribution >= 4 is 30.2 Å². The lowest BCUT2D eigenvalue weighted by Gasteiger charge is -2.62. The molecule has 0 radical (unpaired) electrons. The summed E-state index contributed by atoms with van der Waals surface area (Å²) in [6.07, 6.45) is 3.94. The normalized spacial score (nSPS) is 35.7. The lowest BCUT2D eigenvalue weighted by molar-refractivity contribution is -0.213. The number of carbonyl (C=O) groups is 3. The smallest absolute Gasteiger partial charge is 0.479 e. The highest BCUT2D eigenvalue weighted by atomic mass is 19.1. The van der Waals surface area contributed by atoms with E-state index in [0.717, 1.165) is 25.7 Å². The van der Waals surface area contributed by atoms with Crippen molar-refractivity contribution in [2.24, 2.45) is 34.0 Å². The van der Waals surface area contributed by atoms with Crippen molar-refractivity contribution < 1.29 is 43.0 Å². The second kappa shape index (κ2) is 13.0. The number of unbranched alkanes of at least 4 members (excludes halogenated alkanes) is 1. The van der Waals surface area contributed by atoms with Crippen LogP contribution in [-0.2, 0) is 30.4 Å². The fraction of sp³-hybridized carbons (Fsp3) is 0.735. The molecule has 5 rings (SSSR count). The van der Waals surface area contributed by atoms with Crippen molar-refractivity contribution in [3.63, 3.8) is 0 Å². The Morgan fingerprint density at radius 3 is 2.71 bits per heavy atom. The Bertz CT molecular complexity index is 1310. The lowest BCUT2D eigenvalue weighted by atomic mass is 9.43. The molecule has 3 saturated carbocycles. The summed E-state index contributed by atoms with van der Waals surface area (Å²) < 4.78 is 32.0. The van der Waals surface area contributed by atoms with Gasteiger partial charge in [0.05, 0.1) is 12.7 Å². The quantitative estimate of drug-likeness (QED) is 0.202. The molecule has 0 saturated heterocycles. The van der Waals surface area contributed by atoms with Gasteiger partial charge in [-0.1, -0.05) is 47.1 Å². The predicted molar refractivity (Wildman–Crippen MR) is 166 cm³/mol. The first-order valence-corrected chi connectivity index (χ1v) is 16.7. The minimum Gasteiger partial charge on any atom is -0.479 e. The lowest BCUT2D eigenvalue weighted by Crippen LogP contribution is -2.63. The molecule has 1 aromatic carbocycles. The van der Waals surface area contributed by atoms with E-state index in [9.17, 15) is 24.5 Å². The third kappa shape index (κ3) is 5.93. The van der Waals surface area contributed by atoms with Crippen LogP contribution in [0.3, 0.4) is 0 Å². The predicted octanol–water partition coefficient (Wildman–Crippen LogP) is 3.84. The van der Waals surface area contributed by atoms with Gasteiger partial charge in [0.2, 0.25) is 5.91 Å². The molecule has 3 N–H and O–H groups in total. The zero-order valence-corrected chi connectivity index (χ0v) is 27.3. The summed E-state index contributed by atoms with van der Waals surface area (Å²) in [5.74, 6) is -2.13. The summed E-state index contributed by atoms with van der Waals surface area (Å²) in [6, 6.07) is 2.99. The number of esters is 1. The van der Waals surface area contributed by atoms with Gasteiger partial charge < -0.3 is 29.6 Å². The molecule has 1 aliphatic heterocycles. The molecule has 0 aromatic heterocycles. The molecule has 0 unspecified atom stereocenters. The minimum absolute atomic E-state index is 0.00174. The number of fused-ring (bicyclic) bond motifs is 1. The van der Waals surface area contributed by atoms with Crippen molar-refractivity contribution in [1.29, 1.82) is 0 Å². The number of aliphatic hydroxyl groups is 1. The molecule has 0 spiro atoms. The summed E-state index contributed by atoms with van der Waals surface area (Å²) in [5, 5.41) is 25.0. The molecular formula is C34H49BFNO8. The molecule has 1 amide bonds. The summed E-state index contributed by atoms with van der Waals surface area (Å²) in [5.41, 5.74) is -1.41. The van der Waals surface area contributed by atoms with Crippen LogP contribution in [0, 0.1) is 39.8 Å². The van der Waals surface area contributed by atoms with Gasteiger partial charge in [0.1, 0.15) is 11.9 Å². The van der Waals surface area contributed by atoms with Gasteiger partial charge in [0.15, 0.2) is 18.2 Å². The van der Waals surface area contributed by atoms with Gasteiger partial charge in [-0.25, -0.2) is 9.18 Å². The first kappa shape index (κ1) is 33.9. The van der Waals surface area contributed by atoms with Gasteiger partial charge >= 0.3 is 13.1 Å². The Morgan fingerprint density at radius 2 is 1.98 bits per heavy atom. The fourth-order valence-corrected chi connectivity index (χ4v) is 9.19. The maximum Gasteiger partial charge on any atom is 0.494 e. The van der Waals surface area contributed by atoms with E-state index in [-0.39, 0.29) is 60.1 Å². The Balaban J connectivity index is 1.42. The molecule has 2 bridgehead atoms. The largest absolute Gasteiger partial charge is 0.494 e. The van der Waals surface area contributed by atoms with Gasteiger partial charge in [-0.2, -0.15) is 0 Å². The first-order valence-electron chi connectivity index (χ1n) is 16.7. The van der Waals surface area contributed by atoms with E-state index in [0.29, 0.717) is 31.4 Å². The maximum atomic E-state index is 15.1. The fourth-order valence-electron chi connectivity index (χ4n) is 9.19. The van der Waals surface area contributed by atoms with Gasteiger partial charge in [-0.05, 0) is 72.8 Å². The van der Waals surface area contributed by atoms with E-state index >= 15 is 4.39 Å². The monoisotopic (exact) mass is 629 g/mol. The van der Waals surface area contributed by atoms with Gasteiger partial charge in [0.25, 0.3) is 0 Å². The van der Waals surface area contributed by atoms with E-state index in [2.05, 4.69) is 33.0 Å².